The summed E-state index contributed by atoms with van der Waals surface area (Å²) in [4.78, 5) is 5.33. The molecule has 0 N–H and O–H groups in total. The lowest BCUT2D eigenvalue weighted by atomic mass is 9.84. The minimum absolute atomic E-state index is 0.407. The molecule has 1 radical (unpaired) electrons. The molecule has 2 aromatic carbocycles. The molecule has 0 amide bonds. The standard InChI is InChI=1S/C21H24NO2/c1-23-21-9-5-6-18(14-21)16-24-22-15-17-10-12-20(13-11-17)19-7-3-2-4-8-19/h5-6,9-14,19H,2-4,7-8,16H2,1H3. The van der Waals surface area contributed by atoms with Crippen molar-refractivity contribution in [2.45, 2.75) is 44.6 Å². The van der Waals surface area contributed by atoms with Gasteiger partial charge in [0, 0.05) is 5.56 Å². The topological polar surface area (TPSA) is 30.8 Å². The van der Waals surface area contributed by atoms with Crippen LogP contribution in [0.1, 0.15) is 54.7 Å². The van der Waals surface area contributed by atoms with Crippen molar-refractivity contribution in [2.24, 2.45) is 5.16 Å². The van der Waals surface area contributed by atoms with Crippen LogP contribution in [0.25, 0.3) is 0 Å². The van der Waals surface area contributed by atoms with E-state index in [1.807, 2.05) is 24.3 Å². The Kier molecular flexibility index (Phi) is 5.89. The van der Waals surface area contributed by atoms with Crippen LogP contribution in [0.15, 0.2) is 53.7 Å². The molecule has 0 aromatic heterocycles. The van der Waals surface area contributed by atoms with Crippen molar-refractivity contribution >= 4 is 6.21 Å². The van der Waals surface area contributed by atoms with E-state index in [1.54, 1.807) is 7.11 Å². The number of ether oxygens (including phenoxy) is 1. The molecule has 1 aliphatic rings. The maximum atomic E-state index is 5.33. The van der Waals surface area contributed by atoms with Gasteiger partial charge >= 0.3 is 0 Å². The summed E-state index contributed by atoms with van der Waals surface area (Å²) in [7, 11) is 1.66. The minimum Gasteiger partial charge on any atom is -0.497 e. The van der Waals surface area contributed by atoms with E-state index in [4.69, 9.17) is 9.57 Å². The Hall–Kier alpha value is -2.29. The van der Waals surface area contributed by atoms with Gasteiger partial charge in [0.1, 0.15) is 18.6 Å². The molecule has 3 nitrogen and oxygen atoms in total. The van der Waals surface area contributed by atoms with Crippen LogP contribution in [0.2, 0.25) is 0 Å². The molecule has 0 aliphatic heterocycles. The molecule has 1 aliphatic carbocycles. The highest BCUT2D eigenvalue weighted by atomic mass is 16.6. The summed E-state index contributed by atoms with van der Waals surface area (Å²) < 4.78 is 5.19. The summed E-state index contributed by atoms with van der Waals surface area (Å²) in [6.07, 6.45) is 9.69. The molecule has 125 valence electrons. The number of hydrogen-bond donors (Lipinski definition) is 0. The van der Waals surface area contributed by atoms with Gasteiger partial charge < -0.3 is 9.57 Å². The maximum absolute atomic E-state index is 5.33. The second-order valence-corrected chi connectivity index (χ2v) is 6.28. The predicted octanol–water partition coefficient (Wildman–Crippen LogP) is 5.17. The van der Waals surface area contributed by atoms with Gasteiger partial charge in [-0.15, -0.1) is 0 Å². The first-order valence-electron chi connectivity index (χ1n) is 8.66. The van der Waals surface area contributed by atoms with E-state index >= 15 is 0 Å². The number of benzene rings is 2. The monoisotopic (exact) mass is 322 g/mol. The van der Waals surface area contributed by atoms with Crippen LogP contribution in [0.5, 0.6) is 5.75 Å². The van der Waals surface area contributed by atoms with Crippen molar-refractivity contribution in [1.29, 1.82) is 0 Å². The van der Waals surface area contributed by atoms with Gasteiger partial charge in [0.25, 0.3) is 0 Å². The first kappa shape index (κ1) is 16.6. The lowest BCUT2D eigenvalue weighted by Gasteiger charge is -2.21. The Morgan fingerprint density at radius 3 is 2.58 bits per heavy atom. The van der Waals surface area contributed by atoms with Gasteiger partial charge in [0.15, 0.2) is 0 Å². The van der Waals surface area contributed by atoms with Gasteiger partial charge in [-0.05, 0) is 42.0 Å². The molecule has 0 saturated heterocycles. The quantitative estimate of drug-likeness (QED) is 0.542. The summed E-state index contributed by atoms with van der Waals surface area (Å²) in [5, 5.41) is 3.94. The normalized spacial score (nSPS) is 15.5. The van der Waals surface area contributed by atoms with E-state index in [0.29, 0.717) is 6.61 Å². The molecule has 2 aromatic rings. The van der Waals surface area contributed by atoms with Gasteiger partial charge in [-0.2, -0.15) is 0 Å². The molecule has 3 rings (SSSR count). The van der Waals surface area contributed by atoms with E-state index < -0.39 is 0 Å². The van der Waals surface area contributed by atoms with Crippen molar-refractivity contribution in [3.8, 4) is 5.75 Å². The third-order valence-corrected chi connectivity index (χ3v) is 4.59. The Balaban J connectivity index is 1.50. The Bertz CT molecular complexity index is 658. The number of rotatable bonds is 6. The van der Waals surface area contributed by atoms with Crippen molar-refractivity contribution in [2.75, 3.05) is 7.11 Å². The van der Waals surface area contributed by atoms with Crippen LogP contribution in [0.3, 0.4) is 0 Å². The van der Waals surface area contributed by atoms with E-state index in [9.17, 15) is 0 Å². The van der Waals surface area contributed by atoms with Gasteiger partial charge in [0.05, 0.1) is 7.11 Å². The highest BCUT2D eigenvalue weighted by Gasteiger charge is 2.14. The predicted molar refractivity (Wildman–Crippen MR) is 96.6 cm³/mol. The van der Waals surface area contributed by atoms with Crippen LogP contribution in [-0.2, 0) is 11.4 Å². The van der Waals surface area contributed by atoms with Crippen molar-refractivity contribution < 1.29 is 9.57 Å². The Morgan fingerprint density at radius 1 is 1.04 bits per heavy atom. The molecule has 3 heteroatoms. The molecule has 1 saturated carbocycles. The summed E-state index contributed by atoms with van der Waals surface area (Å²) >= 11 is 0. The van der Waals surface area contributed by atoms with Gasteiger partial charge in [0.2, 0.25) is 0 Å². The summed E-state index contributed by atoms with van der Waals surface area (Å²) in [6, 6.07) is 16.3. The van der Waals surface area contributed by atoms with Crippen molar-refractivity contribution in [1.82, 2.24) is 0 Å². The molecular weight excluding hydrogens is 298 g/mol. The fourth-order valence-corrected chi connectivity index (χ4v) is 3.22. The summed E-state index contributed by atoms with van der Waals surface area (Å²) in [6.45, 7) is 0.407. The van der Waals surface area contributed by atoms with Gasteiger partial charge in [-0.3, -0.25) is 0 Å². The smallest absolute Gasteiger partial charge is 0.142 e. The molecular formula is C21H24NO2. The summed E-state index contributed by atoms with van der Waals surface area (Å²) in [5.41, 5.74) is 3.41. The van der Waals surface area contributed by atoms with Gasteiger partial charge in [-0.25, -0.2) is 0 Å². The lowest BCUT2D eigenvalue weighted by Crippen LogP contribution is -2.04. The largest absolute Gasteiger partial charge is 0.497 e. The van der Waals surface area contributed by atoms with Crippen LogP contribution < -0.4 is 4.74 Å². The molecule has 0 spiro atoms. The molecule has 1 fully saturated rings. The first-order chi connectivity index (χ1) is 11.8. The zero-order chi connectivity index (χ0) is 16.6. The van der Waals surface area contributed by atoms with Crippen molar-refractivity contribution in [3.05, 3.63) is 65.2 Å². The van der Waals surface area contributed by atoms with Crippen LogP contribution in [-0.4, -0.2) is 13.3 Å². The third kappa shape index (κ3) is 4.60. The molecule has 0 unspecified atom stereocenters. The fraction of sp³-hybridized carbons (Fsp3) is 0.381. The SMILES string of the molecule is COc1cccc(CO/N=[C]\c2ccc(C3CCCCC3)cc2)c1. The first-order valence-corrected chi connectivity index (χ1v) is 8.66. The number of hydrogen-bond acceptors (Lipinski definition) is 3. The Morgan fingerprint density at radius 2 is 1.83 bits per heavy atom. The highest BCUT2D eigenvalue weighted by molar-refractivity contribution is 5.79. The van der Waals surface area contributed by atoms with Crippen LogP contribution in [0.4, 0.5) is 0 Å². The maximum Gasteiger partial charge on any atom is 0.142 e. The summed E-state index contributed by atoms with van der Waals surface area (Å²) in [5.74, 6) is 1.55. The molecule has 0 bridgehead atoms. The highest BCUT2D eigenvalue weighted by Crippen LogP contribution is 2.32. The zero-order valence-corrected chi connectivity index (χ0v) is 14.2. The van der Waals surface area contributed by atoms with Crippen molar-refractivity contribution in [3.63, 3.8) is 0 Å². The van der Waals surface area contributed by atoms with E-state index in [1.165, 1.54) is 37.7 Å². The Labute approximate surface area is 144 Å². The number of nitrogens with zero attached hydrogens (tertiary/aromatic N) is 1. The van der Waals surface area contributed by atoms with Crippen LogP contribution in [0, 0.1) is 0 Å². The lowest BCUT2D eigenvalue weighted by molar-refractivity contribution is 0.132. The minimum atomic E-state index is 0.407. The second-order valence-electron chi connectivity index (χ2n) is 6.28. The molecule has 24 heavy (non-hydrogen) atoms. The third-order valence-electron chi connectivity index (χ3n) is 4.59. The fourth-order valence-electron chi connectivity index (χ4n) is 3.22. The van der Waals surface area contributed by atoms with Gasteiger partial charge in [-0.1, -0.05) is 60.8 Å². The zero-order valence-electron chi connectivity index (χ0n) is 14.2. The molecule has 0 heterocycles. The second kappa shape index (κ2) is 8.53. The average molecular weight is 322 g/mol. The number of methoxy groups -OCH3 is 1. The van der Waals surface area contributed by atoms with E-state index in [-0.39, 0.29) is 0 Å². The van der Waals surface area contributed by atoms with E-state index in [2.05, 4.69) is 35.6 Å². The van der Waals surface area contributed by atoms with E-state index in [0.717, 1.165) is 22.8 Å². The molecule has 0 atom stereocenters. The average Bonchev–Trinajstić information content (AvgIpc) is 2.67. The van der Waals surface area contributed by atoms with Crippen LogP contribution >= 0.6 is 0 Å².